The topological polar surface area (TPSA) is 49.7 Å². The van der Waals surface area contributed by atoms with E-state index in [4.69, 9.17) is 5.10 Å². The van der Waals surface area contributed by atoms with Gasteiger partial charge in [-0.1, -0.05) is 78.9 Å². The molecule has 0 fully saturated rings. The quantitative estimate of drug-likeness (QED) is 0.387. The molecule has 0 spiro atoms. The zero-order chi connectivity index (χ0) is 21.7. The molecule has 6 rings (SSSR count). The van der Waals surface area contributed by atoms with Gasteiger partial charge in [-0.05, 0) is 23.1 Å². The third kappa shape index (κ3) is 2.88. The van der Waals surface area contributed by atoms with Crippen molar-refractivity contribution in [3.05, 3.63) is 113 Å². The molecule has 1 aliphatic carbocycles. The van der Waals surface area contributed by atoms with Crippen LogP contribution in [-0.2, 0) is 0 Å². The van der Waals surface area contributed by atoms with Crippen LogP contribution in [0.3, 0.4) is 0 Å². The number of Topliss-reactive ketones (excluding diaryl/α,β-unsaturated/α-hetero) is 2. The lowest BCUT2D eigenvalue weighted by Crippen LogP contribution is -2.18. The Balaban J connectivity index is 1.53. The van der Waals surface area contributed by atoms with Gasteiger partial charge in [0.2, 0.25) is 0 Å². The van der Waals surface area contributed by atoms with Crippen molar-refractivity contribution < 1.29 is 9.59 Å². The standard InChI is InChI=1S/C28H20N2O2/c31-26-17-27(32)23-15-14-20(21-12-7-13-22(26)28(21)23)24-16-25(18-8-3-1-4-9-18)30(29-24)19-10-5-2-6-11-19/h1-15,25H,16-17H2. The Labute approximate surface area is 185 Å². The minimum Gasteiger partial charge on any atom is -0.294 e. The van der Waals surface area contributed by atoms with Crippen LogP contribution in [-0.4, -0.2) is 17.3 Å². The average molecular weight is 416 g/mol. The second-order valence-corrected chi connectivity index (χ2v) is 8.27. The monoisotopic (exact) mass is 416 g/mol. The van der Waals surface area contributed by atoms with Crippen molar-refractivity contribution in [3.8, 4) is 0 Å². The van der Waals surface area contributed by atoms with Crippen LogP contribution in [0.25, 0.3) is 10.8 Å². The fourth-order valence-corrected chi connectivity index (χ4v) is 4.89. The molecule has 0 saturated carbocycles. The summed E-state index contributed by atoms with van der Waals surface area (Å²) in [6.07, 6.45) is 0.684. The van der Waals surface area contributed by atoms with Crippen LogP contribution in [0, 0.1) is 0 Å². The predicted molar refractivity (Wildman–Crippen MR) is 126 cm³/mol. The van der Waals surface area contributed by atoms with E-state index >= 15 is 0 Å². The third-order valence-electron chi connectivity index (χ3n) is 6.39. The van der Waals surface area contributed by atoms with Gasteiger partial charge in [0.15, 0.2) is 11.6 Å². The molecular weight excluding hydrogens is 396 g/mol. The van der Waals surface area contributed by atoms with Crippen LogP contribution in [0.15, 0.2) is 96.1 Å². The minimum atomic E-state index is -0.105. The van der Waals surface area contributed by atoms with Crippen molar-refractivity contribution in [2.24, 2.45) is 5.10 Å². The van der Waals surface area contributed by atoms with Crippen molar-refractivity contribution >= 4 is 33.7 Å². The molecule has 4 aromatic carbocycles. The van der Waals surface area contributed by atoms with E-state index in [1.165, 1.54) is 5.56 Å². The number of benzene rings is 4. The molecule has 0 bridgehead atoms. The highest BCUT2D eigenvalue weighted by Gasteiger charge is 2.32. The van der Waals surface area contributed by atoms with E-state index in [9.17, 15) is 9.59 Å². The van der Waals surface area contributed by atoms with E-state index in [0.717, 1.165) is 34.2 Å². The number of hydrogen-bond acceptors (Lipinski definition) is 4. The summed E-state index contributed by atoms with van der Waals surface area (Å²) in [7, 11) is 0. The van der Waals surface area contributed by atoms with E-state index in [2.05, 4.69) is 41.4 Å². The Morgan fingerprint density at radius 2 is 1.34 bits per heavy atom. The molecule has 0 saturated heterocycles. The van der Waals surface area contributed by atoms with Gasteiger partial charge < -0.3 is 0 Å². The van der Waals surface area contributed by atoms with Gasteiger partial charge >= 0.3 is 0 Å². The minimum absolute atomic E-state index is 0.0513. The van der Waals surface area contributed by atoms with Gasteiger partial charge in [-0.25, -0.2) is 0 Å². The number of hydrogen-bond donors (Lipinski definition) is 0. The Bertz CT molecular complexity index is 1390. The molecule has 0 radical (unpaired) electrons. The Morgan fingerprint density at radius 3 is 2.09 bits per heavy atom. The molecule has 4 nitrogen and oxygen atoms in total. The van der Waals surface area contributed by atoms with Crippen LogP contribution >= 0.6 is 0 Å². The summed E-state index contributed by atoms with van der Waals surface area (Å²) in [6.45, 7) is 0. The van der Waals surface area contributed by atoms with E-state index in [1.807, 2.05) is 54.6 Å². The molecule has 32 heavy (non-hydrogen) atoms. The van der Waals surface area contributed by atoms with E-state index < -0.39 is 0 Å². The molecule has 0 N–H and O–H groups in total. The van der Waals surface area contributed by atoms with Crippen LogP contribution < -0.4 is 5.01 Å². The lowest BCUT2D eigenvalue weighted by Gasteiger charge is -2.23. The zero-order valence-corrected chi connectivity index (χ0v) is 17.4. The van der Waals surface area contributed by atoms with Crippen LogP contribution in [0.2, 0.25) is 0 Å². The molecule has 1 atom stereocenters. The first-order valence-electron chi connectivity index (χ1n) is 10.8. The number of carbonyl (C=O) groups excluding carboxylic acids is 2. The summed E-state index contributed by atoms with van der Waals surface area (Å²) in [5.41, 5.74) is 5.44. The van der Waals surface area contributed by atoms with Crippen molar-refractivity contribution in [2.45, 2.75) is 18.9 Å². The molecular formula is C28H20N2O2. The second kappa shape index (κ2) is 7.27. The summed E-state index contributed by atoms with van der Waals surface area (Å²) in [6, 6.07) is 30.2. The predicted octanol–water partition coefficient (Wildman–Crippen LogP) is 5.96. The zero-order valence-electron chi connectivity index (χ0n) is 17.4. The Hall–Kier alpha value is -4.05. The van der Waals surface area contributed by atoms with Gasteiger partial charge in [-0.3, -0.25) is 14.6 Å². The Morgan fingerprint density at radius 1 is 0.688 bits per heavy atom. The number of rotatable bonds is 3. The largest absolute Gasteiger partial charge is 0.294 e. The number of carbonyl (C=O) groups is 2. The summed E-state index contributed by atoms with van der Waals surface area (Å²) >= 11 is 0. The van der Waals surface area contributed by atoms with Crippen LogP contribution in [0.4, 0.5) is 5.69 Å². The molecule has 0 aromatic heterocycles. The lowest BCUT2D eigenvalue weighted by atomic mass is 9.84. The van der Waals surface area contributed by atoms with E-state index in [1.54, 1.807) is 0 Å². The smallest absolute Gasteiger partial charge is 0.171 e. The molecule has 1 aliphatic heterocycles. The summed E-state index contributed by atoms with van der Waals surface area (Å²) in [5, 5.41) is 8.82. The van der Waals surface area contributed by atoms with Gasteiger partial charge in [-0.2, -0.15) is 5.10 Å². The number of hydrazone groups is 1. The molecule has 4 heteroatoms. The van der Waals surface area contributed by atoms with Gasteiger partial charge in [0.05, 0.1) is 23.9 Å². The fraction of sp³-hybridized carbons (Fsp3) is 0.107. The van der Waals surface area contributed by atoms with Crippen molar-refractivity contribution in [1.82, 2.24) is 0 Å². The SMILES string of the molecule is O=C1CC(=O)c2ccc(C3=NN(c4ccccc4)C(c4ccccc4)C3)c3cccc1c23. The first-order chi connectivity index (χ1) is 15.7. The van der Waals surface area contributed by atoms with Crippen molar-refractivity contribution in [1.29, 1.82) is 0 Å². The van der Waals surface area contributed by atoms with Gasteiger partial charge in [0, 0.05) is 28.5 Å². The molecule has 1 heterocycles. The van der Waals surface area contributed by atoms with Crippen LogP contribution in [0.5, 0.6) is 0 Å². The molecule has 154 valence electrons. The first kappa shape index (κ1) is 18.7. The van der Waals surface area contributed by atoms with E-state index in [0.29, 0.717) is 11.1 Å². The lowest BCUT2D eigenvalue weighted by molar-refractivity contribution is 0.0890. The summed E-state index contributed by atoms with van der Waals surface area (Å²) in [5.74, 6) is -0.210. The summed E-state index contributed by atoms with van der Waals surface area (Å²) in [4.78, 5) is 25.1. The maximum atomic E-state index is 12.5. The third-order valence-corrected chi connectivity index (χ3v) is 6.39. The maximum absolute atomic E-state index is 12.5. The summed E-state index contributed by atoms with van der Waals surface area (Å²) < 4.78 is 0. The fourth-order valence-electron chi connectivity index (χ4n) is 4.89. The molecule has 2 aliphatic rings. The maximum Gasteiger partial charge on any atom is 0.171 e. The number of nitrogens with zero attached hydrogens (tertiary/aromatic N) is 2. The number of ketones is 2. The molecule has 4 aromatic rings. The van der Waals surface area contributed by atoms with Gasteiger partial charge in [0.25, 0.3) is 0 Å². The number of para-hydroxylation sites is 1. The molecule has 1 unspecified atom stereocenters. The highest BCUT2D eigenvalue weighted by Crippen LogP contribution is 2.39. The highest BCUT2D eigenvalue weighted by molar-refractivity contribution is 6.29. The number of anilines is 1. The first-order valence-corrected chi connectivity index (χ1v) is 10.8. The van der Waals surface area contributed by atoms with E-state index in [-0.39, 0.29) is 24.0 Å². The highest BCUT2D eigenvalue weighted by atomic mass is 16.1. The van der Waals surface area contributed by atoms with Gasteiger partial charge in [0.1, 0.15) is 0 Å². The average Bonchev–Trinajstić information content (AvgIpc) is 3.28. The van der Waals surface area contributed by atoms with Crippen molar-refractivity contribution in [2.75, 3.05) is 5.01 Å². The van der Waals surface area contributed by atoms with Crippen LogP contribution in [0.1, 0.15) is 50.7 Å². The normalized spacial score (nSPS) is 17.7. The Kier molecular flexibility index (Phi) is 4.25. The van der Waals surface area contributed by atoms with Gasteiger partial charge in [-0.15, -0.1) is 0 Å². The second-order valence-electron chi connectivity index (χ2n) is 8.27. The molecule has 0 amide bonds. The van der Waals surface area contributed by atoms with Crippen molar-refractivity contribution in [3.63, 3.8) is 0 Å².